The van der Waals surface area contributed by atoms with Gasteiger partial charge in [-0.05, 0) is 49.1 Å². The summed E-state index contributed by atoms with van der Waals surface area (Å²) in [7, 11) is 0. The minimum atomic E-state index is -0.397. The number of hydrogen-bond donors (Lipinski definition) is 1. The van der Waals surface area contributed by atoms with Crippen molar-refractivity contribution in [1.29, 1.82) is 5.41 Å². The Kier molecular flexibility index (Phi) is 4.62. The van der Waals surface area contributed by atoms with Crippen LogP contribution in [0.3, 0.4) is 0 Å². The Balaban J connectivity index is 1.33. The van der Waals surface area contributed by atoms with Crippen LogP contribution in [0.4, 0.5) is 0 Å². The van der Waals surface area contributed by atoms with Gasteiger partial charge in [0.15, 0.2) is 0 Å². The third-order valence-electron chi connectivity index (χ3n) is 5.85. The average molecular weight is 351 g/mol. The van der Waals surface area contributed by atoms with Crippen molar-refractivity contribution in [3.63, 3.8) is 0 Å². The predicted octanol–water partition coefficient (Wildman–Crippen LogP) is 2.90. The minimum Gasteiger partial charge on any atom is -0.331 e. The number of amidine groups is 1. The molecule has 0 radical (unpaired) electrons. The molecular weight excluding hydrogens is 326 g/mol. The van der Waals surface area contributed by atoms with Gasteiger partial charge >= 0.3 is 0 Å². The molecule has 1 saturated heterocycles. The highest BCUT2D eigenvalue weighted by molar-refractivity contribution is 6.03. The smallest absolute Gasteiger partial charge is 0.254 e. The van der Waals surface area contributed by atoms with E-state index in [0.717, 1.165) is 25.7 Å². The lowest BCUT2D eigenvalue weighted by atomic mass is 9.99. The standard InChI is InChI=1S/C21H25N3O2/c22-19-8-4-12-24(19)21(26)18-7-3-11-23(18)20(25)10-9-15-13-16-5-1-2-6-17(16)14-15/h1-2,4-6,12,15,18,22H,3,7-11,13-14H2/t18-/m0/s1. The monoisotopic (exact) mass is 351 g/mol. The van der Waals surface area contributed by atoms with Crippen molar-refractivity contribution in [3.8, 4) is 0 Å². The third-order valence-corrected chi connectivity index (χ3v) is 5.85. The van der Waals surface area contributed by atoms with Crippen LogP contribution in [-0.4, -0.2) is 40.0 Å². The van der Waals surface area contributed by atoms with E-state index < -0.39 is 6.04 Å². The number of rotatable bonds is 4. The Hall–Kier alpha value is -2.43. The van der Waals surface area contributed by atoms with Crippen LogP contribution in [0.5, 0.6) is 0 Å². The van der Waals surface area contributed by atoms with E-state index >= 15 is 0 Å². The molecule has 2 aliphatic heterocycles. The lowest BCUT2D eigenvalue weighted by molar-refractivity contribution is -0.140. The highest BCUT2D eigenvalue weighted by atomic mass is 16.2. The van der Waals surface area contributed by atoms with Crippen LogP contribution in [0, 0.1) is 11.3 Å². The lowest BCUT2D eigenvalue weighted by Gasteiger charge is -2.27. The van der Waals surface area contributed by atoms with Gasteiger partial charge in [0.25, 0.3) is 5.91 Å². The molecule has 0 bridgehead atoms. The summed E-state index contributed by atoms with van der Waals surface area (Å²) in [5, 5.41) is 7.87. The van der Waals surface area contributed by atoms with E-state index in [9.17, 15) is 9.59 Å². The molecule has 26 heavy (non-hydrogen) atoms. The van der Waals surface area contributed by atoms with Crippen LogP contribution in [0.2, 0.25) is 0 Å². The first-order valence-corrected chi connectivity index (χ1v) is 9.57. The second kappa shape index (κ2) is 7.06. The van der Waals surface area contributed by atoms with Gasteiger partial charge in [-0.2, -0.15) is 0 Å². The number of nitrogens with one attached hydrogen (secondary N) is 1. The summed E-state index contributed by atoms with van der Waals surface area (Å²) in [6.45, 7) is 0.658. The van der Waals surface area contributed by atoms with Crippen LogP contribution in [0.15, 0.2) is 36.5 Å². The van der Waals surface area contributed by atoms with Gasteiger partial charge in [-0.3, -0.25) is 19.9 Å². The molecule has 1 aromatic carbocycles. The summed E-state index contributed by atoms with van der Waals surface area (Å²) >= 11 is 0. The van der Waals surface area contributed by atoms with Crippen LogP contribution < -0.4 is 0 Å². The maximum Gasteiger partial charge on any atom is 0.254 e. The summed E-state index contributed by atoms with van der Waals surface area (Å²) in [6, 6.07) is 8.13. The Labute approximate surface area is 154 Å². The van der Waals surface area contributed by atoms with Gasteiger partial charge < -0.3 is 4.90 Å². The van der Waals surface area contributed by atoms with E-state index in [2.05, 4.69) is 24.3 Å². The van der Waals surface area contributed by atoms with E-state index in [0.29, 0.717) is 37.6 Å². The molecule has 1 fully saturated rings. The molecule has 5 nitrogen and oxygen atoms in total. The van der Waals surface area contributed by atoms with Gasteiger partial charge in [-0.1, -0.05) is 30.3 Å². The Morgan fingerprint density at radius 2 is 1.88 bits per heavy atom. The topological polar surface area (TPSA) is 64.5 Å². The number of amides is 2. The van der Waals surface area contributed by atoms with Gasteiger partial charge in [-0.25, -0.2) is 0 Å². The number of fused-ring (bicyclic) bond motifs is 1. The fourth-order valence-corrected chi connectivity index (χ4v) is 4.47. The van der Waals surface area contributed by atoms with Crippen LogP contribution in [0.25, 0.3) is 0 Å². The van der Waals surface area contributed by atoms with E-state index in [1.54, 1.807) is 11.1 Å². The SMILES string of the molecule is N=C1CC=CN1C(=O)[C@@H]1CCCN1C(=O)CCC1Cc2ccccc2C1. The molecule has 136 valence electrons. The maximum atomic E-state index is 12.8. The zero-order valence-corrected chi connectivity index (χ0v) is 15.0. The van der Waals surface area contributed by atoms with Crippen LogP contribution in [0.1, 0.15) is 43.2 Å². The zero-order chi connectivity index (χ0) is 18.1. The highest BCUT2D eigenvalue weighted by Gasteiger charge is 2.37. The van der Waals surface area contributed by atoms with Gasteiger partial charge in [-0.15, -0.1) is 0 Å². The average Bonchev–Trinajstić information content (AvgIpc) is 3.37. The predicted molar refractivity (Wildman–Crippen MR) is 99.6 cm³/mol. The Morgan fingerprint density at radius 3 is 2.54 bits per heavy atom. The second-order valence-corrected chi connectivity index (χ2v) is 7.57. The molecule has 0 aromatic heterocycles. The summed E-state index contributed by atoms with van der Waals surface area (Å²) in [4.78, 5) is 28.7. The fraction of sp³-hybridized carbons (Fsp3) is 0.476. The Morgan fingerprint density at radius 1 is 1.15 bits per heavy atom. The molecular formula is C21H25N3O2. The van der Waals surface area contributed by atoms with Crippen molar-refractivity contribution >= 4 is 17.6 Å². The normalized spacial score (nSPS) is 22.3. The minimum absolute atomic E-state index is 0.0894. The quantitative estimate of drug-likeness (QED) is 0.906. The van der Waals surface area contributed by atoms with E-state index in [-0.39, 0.29) is 11.8 Å². The summed E-state index contributed by atoms with van der Waals surface area (Å²) in [5.74, 6) is 0.801. The third kappa shape index (κ3) is 3.18. The number of likely N-dealkylation sites (tertiary alicyclic amines) is 1. The van der Waals surface area contributed by atoms with Crippen molar-refractivity contribution in [2.75, 3.05) is 6.54 Å². The summed E-state index contributed by atoms with van der Waals surface area (Å²) in [5.41, 5.74) is 2.83. The van der Waals surface area contributed by atoms with Crippen molar-refractivity contribution in [2.45, 2.75) is 51.0 Å². The maximum absolute atomic E-state index is 12.8. The number of carbonyl (C=O) groups excluding carboxylic acids is 2. The van der Waals surface area contributed by atoms with Crippen molar-refractivity contribution in [3.05, 3.63) is 47.7 Å². The van der Waals surface area contributed by atoms with E-state index in [1.165, 1.54) is 16.0 Å². The van der Waals surface area contributed by atoms with Crippen LogP contribution in [-0.2, 0) is 22.4 Å². The van der Waals surface area contributed by atoms with Crippen molar-refractivity contribution in [1.82, 2.24) is 9.80 Å². The number of hydrogen-bond acceptors (Lipinski definition) is 3. The number of benzene rings is 1. The summed E-state index contributed by atoms with van der Waals surface area (Å²) < 4.78 is 0. The number of nitrogens with zero attached hydrogens (tertiary/aromatic N) is 2. The van der Waals surface area contributed by atoms with Gasteiger partial charge in [0.2, 0.25) is 5.91 Å². The number of carbonyl (C=O) groups is 2. The largest absolute Gasteiger partial charge is 0.331 e. The van der Waals surface area contributed by atoms with Gasteiger partial charge in [0, 0.05) is 25.6 Å². The molecule has 0 spiro atoms. The molecule has 4 rings (SSSR count). The molecule has 2 amide bonds. The molecule has 0 unspecified atom stereocenters. The van der Waals surface area contributed by atoms with Crippen molar-refractivity contribution < 1.29 is 9.59 Å². The molecule has 1 atom stereocenters. The molecule has 3 aliphatic rings. The lowest BCUT2D eigenvalue weighted by Crippen LogP contribution is -2.46. The highest BCUT2D eigenvalue weighted by Crippen LogP contribution is 2.30. The van der Waals surface area contributed by atoms with Gasteiger partial charge in [0.1, 0.15) is 11.9 Å². The first-order valence-electron chi connectivity index (χ1n) is 9.57. The van der Waals surface area contributed by atoms with Gasteiger partial charge in [0.05, 0.1) is 0 Å². The first kappa shape index (κ1) is 17.0. The molecule has 1 aromatic rings. The zero-order valence-electron chi connectivity index (χ0n) is 15.0. The van der Waals surface area contributed by atoms with E-state index in [1.807, 2.05) is 6.08 Å². The van der Waals surface area contributed by atoms with E-state index in [4.69, 9.17) is 5.41 Å². The molecule has 1 N–H and O–H groups in total. The second-order valence-electron chi connectivity index (χ2n) is 7.57. The first-order chi connectivity index (χ1) is 12.6. The molecule has 0 saturated carbocycles. The van der Waals surface area contributed by atoms with Crippen molar-refractivity contribution in [2.24, 2.45) is 5.92 Å². The molecule has 5 heteroatoms. The molecule has 2 heterocycles. The summed E-state index contributed by atoms with van der Waals surface area (Å²) in [6.07, 6.45) is 9.05. The van der Waals surface area contributed by atoms with Crippen LogP contribution >= 0.6 is 0 Å². The Bertz CT molecular complexity index is 745. The molecule has 1 aliphatic carbocycles. The fourth-order valence-electron chi connectivity index (χ4n) is 4.47.